The number of esters is 2. The van der Waals surface area contributed by atoms with Crippen LogP contribution in [0.4, 0.5) is 0 Å². The summed E-state index contributed by atoms with van der Waals surface area (Å²) in [5.74, 6) is -0.818. The molecule has 0 heterocycles. The van der Waals surface area contributed by atoms with E-state index in [1.54, 1.807) is 0 Å². The monoisotopic (exact) mass is 973 g/mol. The minimum absolute atomic E-state index is 0.0258. The van der Waals surface area contributed by atoms with E-state index < -0.39 is 26.5 Å². The van der Waals surface area contributed by atoms with E-state index in [-0.39, 0.29) is 32.0 Å². The fraction of sp³-hybridized carbons (Fsp3) is 0.724. The predicted molar refractivity (Wildman–Crippen MR) is 289 cm³/mol. The Balaban J connectivity index is 4.14. The van der Waals surface area contributed by atoms with E-state index in [1.165, 1.54) is 83.5 Å². The fourth-order valence-electron chi connectivity index (χ4n) is 7.26. The first-order valence-corrected chi connectivity index (χ1v) is 28.8. The van der Waals surface area contributed by atoms with E-state index in [1.807, 2.05) is 21.1 Å². The number of allylic oxidation sites excluding steroid dienone is 14. The molecule has 0 bridgehead atoms. The zero-order chi connectivity index (χ0) is 49.9. The maximum Gasteiger partial charge on any atom is 0.472 e. The molecule has 2 atom stereocenters. The molecule has 0 aliphatic heterocycles. The van der Waals surface area contributed by atoms with Crippen LogP contribution in [-0.2, 0) is 32.7 Å². The number of phosphoric acid groups is 1. The fourth-order valence-corrected chi connectivity index (χ4v) is 8.00. The first-order chi connectivity index (χ1) is 33.0. The van der Waals surface area contributed by atoms with E-state index in [4.69, 9.17) is 18.5 Å². The number of carbonyl (C=O) groups is 2. The quantitative estimate of drug-likeness (QED) is 0.0211. The van der Waals surface area contributed by atoms with Gasteiger partial charge in [-0.25, -0.2) is 4.57 Å². The van der Waals surface area contributed by atoms with Crippen molar-refractivity contribution >= 4 is 19.8 Å². The summed E-state index contributed by atoms with van der Waals surface area (Å²) in [6.07, 6.45) is 65.1. The summed E-state index contributed by atoms with van der Waals surface area (Å²) in [5.41, 5.74) is 0. The van der Waals surface area contributed by atoms with Gasteiger partial charge < -0.3 is 18.9 Å². The first kappa shape index (κ1) is 65.2. The number of rotatable bonds is 49. The van der Waals surface area contributed by atoms with Crippen LogP contribution < -0.4 is 0 Å². The molecular weight excluding hydrogens is 870 g/mol. The average Bonchev–Trinajstić information content (AvgIpc) is 3.30. The molecule has 0 radical (unpaired) electrons. The van der Waals surface area contributed by atoms with Gasteiger partial charge in [0.05, 0.1) is 27.7 Å². The number of ether oxygens (including phenoxy) is 2. The van der Waals surface area contributed by atoms with Gasteiger partial charge in [-0.2, -0.15) is 0 Å². The lowest BCUT2D eigenvalue weighted by atomic mass is 10.0. The molecule has 0 saturated heterocycles. The third-order valence-corrected chi connectivity index (χ3v) is 12.4. The molecule has 0 aliphatic rings. The van der Waals surface area contributed by atoms with E-state index in [2.05, 4.69) is 98.9 Å². The van der Waals surface area contributed by atoms with Crippen molar-refractivity contribution in [3.8, 4) is 0 Å². The standard InChI is InChI=1S/C58H102NO8P/c1-6-8-10-12-14-16-18-20-22-23-24-25-26-27-28-29-30-31-32-33-34-35-37-39-41-43-45-47-49-51-58(61)67-56(55-66-68(62,63)65-53-52-59(3,4)5)54-64-57(60)50-48-46-44-42-40-38-36-21-19-17-15-13-11-9-7-2/h8-11,14-17,20-22,24-25,36,56H,6-7,12-13,18-19,23,26-35,37-55H2,1-5H3/p+1/b10-8-,11-9-,16-14-,17-15-,22-20-,25-24-,36-21-. The number of hydrogen-bond acceptors (Lipinski definition) is 7. The number of unbranched alkanes of at least 4 members (excludes halogenated alkanes) is 21. The highest BCUT2D eigenvalue weighted by Crippen LogP contribution is 2.43. The minimum Gasteiger partial charge on any atom is -0.462 e. The van der Waals surface area contributed by atoms with E-state index in [0.29, 0.717) is 23.9 Å². The van der Waals surface area contributed by atoms with Crippen LogP contribution in [0.2, 0.25) is 0 Å². The van der Waals surface area contributed by atoms with Crippen LogP contribution in [-0.4, -0.2) is 74.9 Å². The number of phosphoric ester groups is 1. The highest BCUT2D eigenvalue weighted by Gasteiger charge is 2.27. The van der Waals surface area contributed by atoms with Gasteiger partial charge in [-0.3, -0.25) is 18.6 Å². The summed E-state index contributed by atoms with van der Waals surface area (Å²) >= 11 is 0. The molecule has 2 unspecified atom stereocenters. The van der Waals surface area contributed by atoms with Crippen LogP contribution in [0.5, 0.6) is 0 Å². The van der Waals surface area contributed by atoms with Gasteiger partial charge in [-0.15, -0.1) is 0 Å². The van der Waals surface area contributed by atoms with Gasteiger partial charge in [-0.1, -0.05) is 208 Å². The largest absolute Gasteiger partial charge is 0.472 e. The molecule has 0 fully saturated rings. The molecule has 10 heteroatoms. The van der Waals surface area contributed by atoms with Gasteiger partial charge >= 0.3 is 19.8 Å². The number of carbonyl (C=O) groups excluding carboxylic acids is 2. The molecular formula is C58H103NO8P+. The predicted octanol–water partition coefficient (Wildman–Crippen LogP) is 16.7. The van der Waals surface area contributed by atoms with Crippen molar-refractivity contribution in [1.29, 1.82) is 0 Å². The minimum atomic E-state index is -4.39. The summed E-state index contributed by atoms with van der Waals surface area (Å²) in [6.45, 7) is 4.19. The van der Waals surface area contributed by atoms with Gasteiger partial charge in [0.2, 0.25) is 0 Å². The van der Waals surface area contributed by atoms with Gasteiger partial charge in [0.1, 0.15) is 19.8 Å². The van der Waals surface area contributed by atoms with Crippen molar-refractivity contribution in [2.24, 2.45) is 0 Å². The summed E-state index contributed by atoms with van der Waals surface area (Å²) in [7, 11) is 1.46. The molecule has 0 rings (SSSR count). The maximum absolute atomic E-state index is 12.8. The zero-order valence-corrected chi connectivity index (χ0v) is 45.2. The summed E-state index contributed by atoms with van der Waals surface area (Å²) < 4.78 is 34.5. The molecule has 68 heavy (non-hydrogen) atoms. The van der Waals surface area contributed by atoms with Gasteiger partial charge in [-0.05, 0) is 83.5 Å². The van der Waals surface area contributed by atoms with Crippen LogP contribution >= 0.6 is 7.82 Å². The molecule has 392 valence electrons. The number of quaternary nitrogens is 1. The average molecular weight is 973 g/mol. The Hall–Kier alpha value is -2.81. The third kappa shape index (κ3) is 52.6. The topological polar surface area (TPSA) is 108 Å². The van der Waals surface area contributed by atoms with Crippen LogP contribution in [0, 0.1) is 0 Å². The zero-order valence-electron chi connectivity index (χ0n) is 44.3. The molecule has 0 aliphatic carbocycles. The van der Waals surface area contributed by atoms with Gasteiger partial charge in [0.25, 0.3) is 0 Å². The lowest BCUT2D eigenvalue weighted by Gasteiger charge is -2.24. The molecule has 0 aromatic carbocycles. The number of hydrogen-bond donors (Lipinski definition) is 1. The second kappa shape index (κ2) is 49.2. The van der Waals surface area contributed by atoms with Crippen molar-refractivity contribution in [2.45, 2.75) is 225 Å². The summed E-state index contributed by atoms with van der Waals surface area (Å²) in [4.78, 5) is 35.6. The summed E-state index contributed by atoms with van der Waals surface area (Å²) in [6, 6.07) is 0. The Morgan fingerprint density at radius 2 is 0.794 bits per heavy atom. The first-order valence-electron chi connectivity index (χ1n) is 27.3. The Labute approximate surface area is 418 Å². The Morgan fingerprint density at radius 3 is 1.18 bits per heavy atom. The molecule has 9 nitrogen and oxygen atoms in total. The van der Waals surface area contributed by atoms with Crippen LogP contribution in [0.3, 0.4) is 0 Å². The highest BCUT2D eigenvalue weighted by atomic mass is 31.2. The summed E-state index contributed by atoms with van der Waals surface area (Å²) in [5, 5.41) is 0. The lowest BCUT2D eigenvalue weighted by molar-refractivity contribution is -0.870. The van der Waals surface area contributed by atoms with Crippen molar-refractivity contribution in [1.82, 2.24) is 0 Å². The van der Waals surface area contributed by atoms with Crippen molar-refractivity contribution < 1.29 is 42.1 Å². The molecule has 0 spiro atoms. The van der Waals surface area contributed by atoms with Crippen molar-refractivity contribution in [3.63, 3.8) is 0 Å². The van der Waals surface area contributed by atoms with Gasteiger partial charge in [0, 0.05) is 12.8 Å². The van der Waals surface area contributed by atoms with Crippen LogP contribution in [0.1, 0.15) is 219 Å². The van der Waals surface area contributed by atoms with Crippen molar-refractivity contribution in [3.05, 3.63) is 85.1 Å². The third-order valence-electron chi connectivity index (χ3n) is 11.4. The lowest BCUT2D eigenvalue weighted by Crippen LogP contribution is -2.37. The Kier molecular flexibility index (Phi) is 47.2. The SMILES string of the molecule is CC/C=C\C/C=C\C/C=C\C/C=C\CCCCCCCCCCCCCCCCCCC(=O)OC(COC(=O)CCCCCCC/C=C\C/C=C\C/C=C\CC)COP(=O)(O)OCC[N+](C)(C)C. The maximum atomic E-state index is 12.8. The Bertz CT molecular complexity index is 1420. The molecule has 1 N–H and O–H groups in total. The molecule has 0 aromatic heterocycles. The smallest absolute Gasteiger partial charge is 0.462 e. The molecule has 0 aromatic rings. The van der Waals surface area contributed by atoms with E-state index >= 15 is 0 Å². The second-order valence-corrected chi connectivity index (χ2v) is 20.7. The van der Waals surface area contributed by atoms with E-state index in [9.17, 15) is 19.0 Å². The number of likely N-dealkylation sites (N-methyl/N-ethyl adjacent to an activating group) is 1. The highest BCUT2D eigenvalue weighted by molar-refractivity contribution is 7.47. The van der Waals surface area contributed by atoms with Crippen LogP contribution in [0.25, 0.3) is 0 Å². The van der Waals surface area contributed by atoms with Gasteiger partial charge in [0.15, 0.2) is 6.10 Å². The van der Waals surface area contributed by atoms with E-state index in [0.717, 1.165) is 96.3 Å². The van der Waals surface area contributed by atoms with Crippen LogP contribution in [0.15, 0.2) is 85.1 Å². The number of nitrogens with zero attached hydrogens (tertiary/aromatic N) is 1. The molecule has 0 saturated carbocycles. The van der Waals surface area contributed by atoms with Crippen molar-refractivity contribution in [2.75, 3.05) is 47.5 Å². The molecule has 0 amide bonds. The Morgan fingerprint density at radius 1 is 0.456 bits per heavy atom. The normalized spacial score (nSPS) is 14.0. The second-order valence-electron chi connectivity index (χ2n) is 19.2.